The number of nitriles is 1. The summed E-state index contributed by atoms with van der Waals surface area (Å²) in [6, 6.07) is 16.9. The molecule has 6 nitrogen and oxygen atoms in total. The van der Waals surface area contributed by atoms with Gasteiger partial charge in [-0.25, -0.2) is 4.79 Å². The topological polar surface area (TPSA) is 94.6 Å². The molecule has 3 aromatic rings. The van der Waals surface area contributed by atoms with Gasteiger partial charge in [0.2, 0.25) is 5.88 Å². The zero-order valence-corrected chi connectivity index (χ0v) is 19.3. The van der Waals surface area contributed by atoms with Crippen molar-refractivity contribution in [3.05, 3.63) is 97.8 Å². The minimum Gasteiger partial charge on any atom is -0.494 e. The SMILES string of the molecule is COc1c(Cl)cc(C(=O)Oc2ccc3c(c2)OC(N)=C(C#N)C3c2ccccc2Cl)cc1Cl. The highest BCUT2D eigenvalue weighted by Crippen LogP contribution is 2.45. The number of allylic oxidation sites excluding steroid dienone is 1. The van der Waals surface area contributed by atoms with Crippen LogP contribution in [-0.2, 0) is 0 Å². The summed E-state index contributed by atoms with van der Waals surface area (Å²) in [7, 11) is 1.42. The number of ether oxygens (including phenoxy) is 3. The molecule has 33 heavy (non-hydrogen) atoms. The standard InChI is InChI=1S/C24H15Cl3N2O4/c1-31-22-18(26)8-12(9-19(22)27)24(30)32-13-6-7-15-20(10-13)33-23(29)16(11-28)21(15)14-4-2-3-5-17(14)25/h2-10,21H,29H2,1H3. The van der Waals surface area contributed by atoms with Crippen LogP contribution in [-0.4, -0.2) is 13.1 Å². The molecule has 9 heteroatoms. The average molecular weight is 502 g/mol. The molecular formula is C24H15Cl3N2O4. The number of esters is 1. The predicted octanol–water partition coefficient (Wildman–Crippen LogP) is 6.09. The van der Waals surface area contributed by atoms with Crippen molar-refractivity contribution in [1.29, 1.82) is 5.26 Å². The third-order valence-electron chi connectivity index (χ3n) is 5.06. The molecule has 0 aromatic heterocycles. The minimum atomic E-state index is -0.680. The van der Waals surface area contributed by atoms with Crippen LogP contribution in [0.3, 0.4) is 0 Å². The minimum absolute atomic E-state index is 0.0490. The van der Waals surface area contributed by atoms with Gasteiger partial charge in [-0.1, -0.05) is 59.1 Å². The maximum absolute atomic E-state index is 12.7. The fourth-order valence-electron chi connectivity index (χ4n) is 3.57. The number of methoxy groups -OCH3 is 1. The summed E-state index contributed by atoms with van der Waals surface area (Å²) in [5, 5.41) is 10.5. The fourth-order valence-corrected chi connectivity index (χ4v) is 4.45. The second-order valence-corrected chi connectivity index (χ2v) is 8.23. The highest BCUT2D eigenvalue weighted by Gasteiger charge is 2.32. The number of hydrogen-bond acceptors (Lipinski definition) is 6. The van der Waals surface area contributed by atoms with E-state index in [1.54, 1.807) is 24.3 Å². The molecule has 1 unspecified atom stereocenters. The molecule has 166 valence electrons. The van der Waals surface area contributed by atoms with Gasteiger partial charge in [-0.15, -0.1) is 0 Å². The van der Waals surface area contributed by atoms with Crippen molar-refractivity contribution < 1.29 is 19.0 Å². The van der Waals surface area contributed by atoms with Gasteiger partial charge >= 0.3 is 5.97 Å². The van der Waals surface area contributed by atoms with Crippen LogP contribution >= 0.6 is 34.8 Å². The lowest BCUT2D eigenvalue weighted by Crippen LogP contribution is -2.21. The van der Waals surface area contributed by atoms with E-state index in [-0.39, 0.29) is 38.6 Å². The quantitative estimate of drug-likeness (QED) is 0.343. The number of halogens is 3. The lowest BCUT2D eigenvalue weighted by Gasteiger charge is -2.27. The van der Waals surface area contributed by atoms with Gasteiger partial charge in [-0.3, -0.25) is 0 Å². The van der Waals surface area contributed by atoms with Gasteiger partial charge in [0.25, 0.3) is 0 Å². The number of nitrogens with two attached hydrogens (primary N) is 1. The Morgan fingerprint density at radius 3 is 2.36 bits per heavy atom. The van der Waals surface area contributed by atoms with Gasteiger partial charge in [-0.05, 0) is 29.8 Å². The van der Waals surface area contributed by atoms with E-state index in [1.807, 2.05) is 12.1 Å². The third-order valence-corrected chi connectivity index (χ3v) is 5.96. The zero-order valence-electron chi connectivity index (χ0n) is 17.1. The molecule has 0 amide bonds. The Bertz CT molecular complexity index is 1320. The Labute approximate surface area is 204 Å². The molecule has 0 saturated heterocycles. The molecule has 0 spiro atoms. The van der Waals surface area contributed by atoms with Gasteiger partial charge in [0, 0.05) is 16.7 Å². The highest BCUT2D eigenvalue weighted by molar-refractivity contribution is 6.37. The Morgan fingerprint density at radius 1 is 1.03 bits per heavy atom. The van der Waals surface area contributed by atoms with Gasteiger partial charge < -0.3 is 19.9 Å². The van der Waals surface area contributed by atoms with E-state index in [0.29, 0.717) is 21.9 Å². The number of carbonyl (C=O) groups excluding carboxylic acids is 1. The second-order valence-electron chi connectivity index (χ2n) is 7.01. The number of benzene rings is 3. The molecule has 1 heterocycles. The number of rotatable bonds is 4. The van der Waals surface area contributed by atoms with Gasteiger partial charge in [0.15, 0.2) is 5.75 Å². The van der Waals surface area contributed by atoms with Crippen LogP contribution < -0.4 is 19.9 Å². The van der Waals surface area contributed by atoms with Crippen LogP contribution in [0.1, 0.15) is 27.4 Å². The van der Waals surface area contributed by atoms with Crippen molar-refractivity contribution in [2.75, 3.05) is 7.11 Å². The Balaban J connectivity index is 1.69. The summed E-state index contributed by atoms with van der Waals surface area (Å²) in [4.78, 5) is 12.7. The Morgan fingerprint density at radius 2 is 1.73 bits per heavy atom. The first-order valence-electron chi connectivity index (χ1n) is 9.55. The van der Waals surface area contributed by atoms with Crippen molar-refractivity contribution in [3.8, 4) is 23.3 Å². The molecule has 2 N–H and O–H groups in total. The highest BCUT2D eigenvalue weighted by atomic mass is 35.5. The maximum atomic E-state index is 12.7. The fraction of sp³-hybridized carbons (Fsp3) is 0.0833. The molecule has 1 aliphatic rings. The van der Waals surface area contributed by atoms with Crippen LogP contribution in [0, 0.1) is 11.3 Å². The van der Waals surface area contributed by atoms with E-state index in [9.17, 15) is 10.1 Å². The van der Waals surface area contributed by atoms with Crippen molar-refractivity contribution in [3.63, 3.8) is 0 Å². The molecule has 1 atom stereocenters. The number of nitrogens with zero attached hydrogens (tertiary/aromatic N) is 1. The average Bonchev–Trinajstić information content (AvgIpc) is 2.78. The molecule has 3 aromatic carbocycles. The van der Waals surface area contributed by atoms with Crippen LogP contribution in [0.4, 0.5) is 0 Å². The smallest absolute Gasteiger partial charge is 0.343 e. The van der Waals surface area contributed by atoms with Crippen molar-refractivity contribution >= 4 is 40.8 Å². The summed E-state index contributed by atoms with van der Waals surface area (Å²) in [5.41, 5.74) is 7.77. The van der Waals surface area contributed by atoms with E-state index in [1.165, 1.54) is 25.3 Å². The maximum Gasteiger partial charge on any atom is 0.343 e. The van der Waals surface area contributed by atoms with Crippen LogP contribution in [0.2, 0.25) is 15.1 Å². The van der Waals surface area contributed by atoms with Gasteiger partial charge in [0.1, 0.15) is 23.1 Å². The predicted molar refractivity (Wildman–Crippen MR) is 125 cm³/mol. The van der Waals surface area contributed by atoms with Crippen molar-refractivity contribution in [2.45, 2.75) is 5.92 Å². The molecule has 0 saturated carbocycles. The van der Waals surface area contributed by atoms with E-state index in [2.05, 4.69) is 6.07 Å². The molecule has 4 rings (SSSR count). The second kappa shape index (κ2) is 9.24. The largest absolute Gasteiger partial charge is 0.494 e. The molecule has 0 aliphatic carbocycles. The number of fused-ring (bicyclic) bond motifs is 1. The number of hydrogen-bond donors (Lipinski definition) is 1. The first kappa shape index (κ1) is 22.8. The normalized spacial score (nSPS) is 14.7. The van der Waals surface area contributed by atoms with E-state index >= 15 is 0 Å². The van der Waals surface area contributed by atoms with Crippen molar-refractivity contribution in [2.24, 2.45) is 5.73 Å². The summed E-state index contributed by atoms with van der Waals surface area (Å²) in [6.45, 7) is 0. The molecule has 0 radical (unpaired) electrons. The summed E-state index contributed by atoms with van der Waals surface area (Å²) in [5.74, 6) is -0.455. The van der Waals surface area contributed by atoms with Crippen LogP contribution in [0.25, 0.3) is 0 Å². The summed E-state index contributed by atoms with van der Waals surface area (Å²) < 4.78 is 16.2. The molecule has 1 aliphatic heterocycles. The molecular weight excluding hydrogens is 487 g/mol. The van der Waals surface area contributed by atoms with Crippen LogP contribution in [0.15, 0.2) is 66.1 Å². The summed E-state index contributed by atoms with van der Waals surface area (Å²) in [6.07, 6.45) is 0. The number of carbonyl (C=O) groups is 1. The Kier molecular flexibility index (Phi) is 6.39. The van der Waals surface area contributed by atoms with Gasteiger partial charge in [0.05, 0.1) is 28.6 Å². The van der Waals surface area contributed by atoms with E-state index in [4.69, 9.17) is 54.7 Å². The third kappa shape index (κ3) is 4.31. The van der Waals surface area contributed by atoms with Gasteiger partial charge in [-0.2, -0.15) is 5.26 Å². The van der Waals surface area contributed by atoms with E-state index < -0.39 is 11.9 Å². The van der Waals surface area contributed by atoms with E-state index in [0.717, 1.165) is 0 Å². The Hall–Kier alpha value is -3.37. The zero-order chi connectivity index (χ0) is 23.7. The van der Waals surface area contributed by atoms with Crippen LogP contribution in [0.5, 0.6) is 17.2 Å². The summed E-state index contributed by atoms with van der Waals surface area (Å²) >= 11 is 18.6. The first-order chi connectivity index (χ1) is 15.8. The first-order valence-corrected chi connectivity index (χ1v) is 10.7. The lowest BCUT2D eigenvalue weighted by atomic mass is 9.83. The lowest BCUT2D eigenvalue weighted by molar-refractivity contribution is 0.0734. The molecule has 0 fully saturated rings. The molecule has 0 bridgehead atoms. The monoisotopic (exact) mass is 500 g/mol. The van der Waals surface area contributed by atoms with Crippen molar-refractivity contribution in [1.82, 2.24) is 0 Å².